The van der Waals surface area contributed by atoms with Crippen molar-refractivity contribution in [3.05, 3.63) is 144 Å². The van der Waals surface area contributed by atoms with Crippen LogP contribution >= 0.6 is 11.6 Å². The van der Waals surface area contributed by atoms with Gasteiger partial charge in [-0.15, -0.1) is 5.10 Å². The SMILES string of the molecule is Clc1ccc(COc2ccccc2/C(=N\N(c2ccccc2)c2ccccc2)n2ccnc2)cc1. The number of aromatic nitrogens is 2. The van der Waals surface area contributed by atoms with Gasteiger partial charge in [0.25, 0.3) is 0 Å². The molecule has 0 spiro atoms. The largest absolute Gasteiger partial charge is 0.488 e. The summed E-state index contributed by atoms with van der Waals surface area (Å²) in [6, 6.07) is 35.7. The van der Waals surface area contributed by atoms with Crippen LogP contribution in [0.3, 0.4) is 0 Å². The van der Waals surface area contributed by atoms with E-state index in [4.69, 9.17) is 21.4 Å². The number of nitrogens with zero attached hydrogens (tertiary/aromatic N) is 4. The maximum Gasteiger partial charge on any atom is 0.169 e. The zero-order valence-corrected chi connectivity index (χ0v) is 19.7. The van der Waals surface area contributed by atoms with Crippen molar-refractivity contribution in [1.29, 1.82) is 0 Å². The van der Waals surface area contributed by atoms with Crippen molar-refractivity contribution in [2.24, 2.45) is 5.10 Å². The van der Waals surface area contributed by atoms with Gasteiger partial charge in [0.2, 0.25) is 0 Å². The number of ether oxygens (including phenoxy) is 1. The third kappa shape index (κ3) is 5.42. The predicted molar refractivity (Wildman–Crippen MR) is 141 cm³/mol. The van der Waals surface area contributed by atoms with E-state index in [1.165, 1.54) is 0 Å². The van der Waals surface area contributed by atoms with Crippen molar-refractivity contribution in [2.75, 3.05) is 5.01 Å². The highest BCUT2D eigenvalue weighted by Crippen LogP contribution is 2.28. The molecule has 5 aromatic rings. The van der Waals surface area contributed by atoms with E-state index in [1.807, 2.05) is 125 Å². The molecule has 0 aliphatic heterocycles. The number of halogens is 1. The van der Waals surface area contributed by atoms with E-state index in [0.29, 0.717) is 17.5 Å². The van der Waals surface area contributed by atoms with E-state index in [0.717, 1.165) is 28.3 Å². The third-order valence-corrected chi connectivity index (χ3v) is 5.63. The summed E-state index contributed by atoms with van der Waals surface area (Å²) < 4.78 is 8.15. The average molecular weight is 479 g/mol. The summed E-state index contributed by atoms with van der Waals surface area (Å²) in [5.74, 6) is 1.40. The minimum Gasteiger partial charge on any atom is -0.488 e. The molecule has 0 N–H and O–H groups in total. The maximum atomic E-state index is 6.26. The molecule has 6 heteroatoms. The minimum absolute atomic E-state index is 0.409. The zero-order chi connectivity index (χ0) is 23.9. The number of hydrogen-bond donors (Lipinski definition) is 0. The molecule has 0 radical (unpaired) electrons. The molecule has 0 aliphatic carbocycles. The molecule has 0 amide bonds. The van der Waals surface area contributed by atoms with Gasteiger partial charge < -0.3 is 4.74 Å². The first-order valence-electron chi connectivity index (χ1n) is 11.2. The average Bonchev–Trinajstić information content (AvgIpc) is 3.45. The van der Waals surface area contributed by atoms with Crippen LogP contribution in [0.15, 0.2) is 133 Å². The van der Waals surface area contributed by atoms with Gasteiger partial charge in [-0.05, 0) is 54.1 Å². The van der Waals surface area contributed by atoms with Gasteiger partial charge in [0.15, 0.2) is 5.84 Å². The smallest absolute Gasteiger partial charge is 0.169 e. The van der Waals surface area contributed by atoms with Gasteiger partial charge in [0.1, 0.15) is 18.7 Å². The van der Waals surface area contributed by atoms with Crippen LogP contribution in [0, 0.1) is 0 Å². The van der Waals surface area contributed by atoms with E-state index in [2.05, 4.69) is 4.98 Å². The van der Waals surface area contributed by atoms with E-state index >= 15 is 0 Å². The first-order valence-corrected chi connectivity index (χ1v) is 11.6. The van der Waals surface area contributed by atoms with Gasteiger partial charge in [-0.25, -0.2) is 9.99 Å². The van der Waals surface area contributed by atoms with Crippen LogP contribution in [0.25, 0.3) is 0 Å². The van der Waals surface area contributed by atoms with Crippen molar-refractivity contribution in [3.8, 4) is 5.75 Å². The Labute approximate surface area is 209 Å². The van der Waals surface area contributed by atoms with Crippen molar-refractivity contribution in [3.63, 3.8) is 0 Å². The van der Waals surface area contributed by atoms with Gasteiger partial charge in [0.05, 0.1) is 16.9 Å². The lowest BCUT2D eigenvalue weighted by Crippen LogP contribution is -2.20. The Hall–Kier alpha value is -4.35. The molecule has 0 fully saturated rings. The summed E-state index contributed by atoms with van der Waals surface area (Å²) in [5.41, 5.74) is 3.75. The normalized spacial score (nSPS) is 11.3. The first-order chi connectivity index (χ1) is 17.3. The number of rotatable bonds is 7. The Kier molecular flexibility index (Phi) is 6.87. The molecule has 0 atom stereocenters. The van der Waals surface area contributed by atoms with E-state index < -0.39 is 0 Å². The quantitative estimate of drug-likeness (QED) is 0.141. The van der Waals surface area contributed by atoms with Crippen LogP contribution in [0.5, 0.6) is 5.75 Å². The number of hydrogen-bond acceptors (Lipinski definition) is 4. The highest BCUT2D eigenvalue weighted by atomic mass is 35.5. The fraction of sp³-hybridized carbons (Fsp3) is 0.0345. The predicted octanol–water partition coefficient (Wildman–Crippen LogP) is 7.16. The lowest BCUT2D eigenvalue weighted by Gasteiger charge is -2.22. The number of anilines is 2. The summed E-state index contributed by atoms with van der Waals surface area (Å²) >= 11 is 6.03. The lowest BCUT2D eigenvalue weighted by atomic mass is 10.1. The van der Waals surface area contributed by atoms with E-state index in [9.17, 15) is 0 Å². The van der Waals surface area contributed by atoms with Crippen LogP contribution in [0.2, 0.25) is 5.02 Å². The second-order valence-corrected chi connectivity index (χ2v) is 8.22. The van der Waals surface area contributed by atoms with Crippen molar-refractivity contribution in [2.45, 2.75) is 6.61 Å². The molecule has 0 unspecified atom stereocenters. The van der Waals surface area contributed by atoms with Gasteiger partial charge in [0, 0.05) is 17.4 Å². The summed E-state index contributed by atoms with van der Waals surface area (Å²) in [6.45, 7) is 0.409. The summed E-state index contributed by atoms with van der Waals surface area (Å²) in [5, 5.41) is 7.75. The molecule has 35 heavy (non-hydrogen) atoms. The fourth-order valence-corrected chi connectivity index (χ4v) is 3.77. The Morgan fingerprint density at radius 3 is 2.06 bits per heavy atom. The monoisotopic (exact) mass is 478 g/mol. The summed E-state index contributed by atoms with van der Waals surface area (Å²) in [6.07, 6.45) is 5.36. The van der Waals surface area contributed by atoms with Gasteiger partial charge in [-0.3, -0.25) is 4.57 Å². The molecule has 0 saturated carbocycles. The van der Waals surface area contributed by atoms with Gasteiger partial charge in [-0.2, -0.15) is 0 Å². The van der Waals surface area contributed by atoms with Crippen molar-refractivity contribution < 1.29 is 4.74 Å². The molecule has 5 nitrogen and oxygen atoms in total. The van der Waals surface area contributed by atoms with Crippen LogP contribution < -0.4 is 9.75 Å². The molecule has 1 heterocycles. The van der Waals surface area contributed by atoms with Crippen molar-refractivity contribution >= 4 is 28.8 Å². The molecule has 0 bridgehead atoms. The molecular formula is C29H23ClN4O. The van der Waals surface area contributed by atoms with E-state index in [1.54, 1.807) is 12.5 Å². The molecule has 0 aliphatic rings. The standard InChI is InChI=1S/C29H23ClN4O/c30-24-17-15-23(16-18-24)21-35-28-14-8-7-13-27(28)29(33-20-19-31-22-33)32-34(25-9-3-1-4-10-25)26-11-5-2-6-12-26/h1-20,22H,21H2/b32-29+. The zero-order valence-electron chi connectivity index (χ0n) is 18.9. The van der Waals surface area contributed by atoms with Crippen molar-refractivity contribution in [1.82, 2.24) is 9.55 Å². The Morgan fingerprint density at radius 1 is 0.800 bits per heavy atom. The summed E-state index contributed by atoms with van der Waals surface area (Å²) in [4.78, 5) is 4.26. The molecule has 4 aromatic carbocycles. The molecular weight excluding hydrogens is 456 g/mol. The third-order valence-electron chi connectivity index (χ3n) is 5.38. The fourth-order valence-electron chi connectivity index (χ4n) is 3.65. The lowest BCUT2D eigenvalue weighted by molar-refractivity contribution is 0.305. The second kappa shape index (κ2) is 10.7. The highest BCUT2D eigenvalue weighted by Gasteiger charge is 2.17. The first kappa shape index (κ1) is 22.4. The topological polar surface area (TPSA) is 42.6 Å². The molecule has 0 saturated heterocycles. The molecule has 1 aromatic heterocycles. The van der Waals surface area contributed by atoms with Crippen LogP contribution in [-0.2, 0) is 6.61 Å². The van der Waals surface area contributed by atoms with E-state index in [-0.39, 0.29) is 0 Å². The highest BCUT2D eigenvalue weighted by molar-refractivity contribution is 6.30. The number of benzene rings is 4. The van der Waals surface area contributed by atoms with Gasteiger partial charge >= 0.3 is 0 Å². The molecule has 5 rings (SSSR count). The van der Waals surface area contributed by atoms with Crippen LogP contribution in [-0.4, -0.2) is 15.4 Å². The number of imidazole rings is 1. The Morgan fingerprint density at radius 2 is 1.43 bits per heavy atom. The number of para-hydroxylation sites is 3. The minimum atomic E-state index is 0.409. The number of hydrazone groups is 1. The van der Waals surface area contributed by atoms with Gasteiger partial charge in [-0.1, -0.05) is 72.3 Å². The Balaban J connectivity index is 1.58. The molecule has 172 valence electrons. The second-order valence-electron chi connectivity index (χ2n) is 7.79. The summed E-state index contributed by atoms with van der Waals surface area (Å²) in [7, 11) is 0. The Bertz CT molecular complexity index is 1350. The van der Waals surface area contributed by atoms with Crippen LogP contribution in [0.4, 0.5) is 11.4 Å². The maximum absolute atomic E-state index is 6.26. The van der Waals surface area contributed by atoms with Crippen LogP contribution in [0.1, 0.15) is 11.1 Å².